The van der Waals surface area contributed by atoms with Crippen LogP contribution in [0.3, 0.4) is 0 Å². The Morgan fingerprint density at radius 1 is 1.00 bits per heavy atom. The largest absolute Gasteiger partial charge is 1.00 e. The van der Waals surface area contributed by atoms with Crippen molar-refractivity contribution in [2.24, 2.45) is 0 Å². The third kappa shape index (κ3) is 4.97. The Labute approximate surface area is 99.1 Å². The van der Waals surface area contributed by atoms with Gasteiger partial charge >= 0.3 is 29.6 Å². The first-order valence-electron chi connectivity index (χ1n) is 4.39. The fourth-order valence-electron chi connectivity index (χ4n) is 1.61. The molecule has 0 saturated heterocycles. The van der Waals surface area contributed by atoms with E-state index in [1.54, 1.807) is 0 Å². The van der Waals surface area contributed by atoms with Gasteiger partial charge in [0.1, 0.15) is 0 Å². The van der Waals surface area contributed by atoms with Gasteiger partial charge in [-0.05, 0) is 12.8 Å². The van der Waals surface area contributed by atoms with Crippen molar-refractivity contribution in [1.82, 2.24) is 0 Å². The maximum absolute atomic E-state index is 10.6. The van der Waals surface area contributed by atoms with Gasteiger partial charge in [0.15, 0.2) is 0 Å². The minimum absolute atomic E-state index is 0. The molecule has 0 aromatic rings. The van der Waals surface area contributed by atoms with Crippen LogP contribution in [0.5, 0.6) is 0 Å². The predicted molar refractivity (Wildman–Crippen MR) is 45.0 cm³/mol. The standard InChI is InChI=1S/C8H16O2S.Na/c9-11(10)8-6-4-2-1-3-5-7-8;/h8H,1-7H2,(H,9,10);/q;+1/p-1. The molecule has 1 rings (SSSR count). The van der Waals surface area contributed by atoms with E-state index in [1.165, 1.54) is 19.3 Å². The van der Waals surface area contributed by atoms with Crippen molar-refractivity contribution >= 4 is 11.1 Å². The summed E-state index contributed by atoms with van der Waals surface area (Å²) in [6, 6.07) is 0. The van der Waals surface area contributed by atoms with Gasteiger partial charge in [-0.25, -0.2) is 0 Å². The van der Waals surface area contributed by atoms with Crippen LogP contribution in [0.15, 0.2) is 0 Å². The molecule has 0 aliphatic heterocycles. The summed E-state index contributed by atoms with van der Waals surface area (Å²) in [6.07, 6.45) is 7.68. The first-order valence-corrected chi connectivity index (χ1v) is 5.52. The molecule has 0 bridgehead atoms. The van der Waals surface area contributed by atoms with Gasteiger partial charge in [0.05, 0.1) is 0 Å². The van der Waals surface area contributed by atoms with Gasteiger partial charge in [-0.15, -0.1) is 0 Å². The Hall–Kier alpha value is 1.11. The zero-order valence-electron chi connectivity index (χ0n) is 7.75. The minimum atomic E-state index is -1.82. The molecule has 1 aliphatic carbocycles. The van der Waals surface area contributed by atoms with Gasteiger partial charge < -0.3 is 4.55 Å². The Bertz CT molecular complexity index is 133. The molecule has 0 heterocycles. The summed E-state index contributed by atoms with van der Waals surface area (Å²) in [4.78, 5) is 0. The molecule has 0 aromatic heterocycles. The van der Waals surface area contributed by atoms with Crippen LogP contribution in [-0.4, -0.2) is 14.0 Å². The van der Waals surface area contributed by atoms with Crippen LogP contribution < -0.4 is 29.6 Å². The average Bonchev–Trinajstić information content (AvgIpc) is 1.84. The van der Waals surface area contributed by atoms with E-state index in [1.807, 2.05) is 0 Å². The quantitative estimate of drug-likeness (QED) is 0.400. The van der Waals surface area contributed by atoms with E-state index in [4.69, 9.17) is 0 Å². The summed E-state index contributed by atoms with van der Waals surface area (Å²) in [5.74, 6) is 0. The summed E-state index contributed by atoms with van der Waals surface area (Å²) < 4.78 is 21.2. The van der Waals surface area contributed by atoms with Gasteiger partial charge in [0.2, 0.25) is 0 Å². The molecular formula is C8H15NaO2S. The van der Waals surface area contributed by atoms with Crippen LogP contribution in [0, 0.1) is 0 Å². The molecular weight excluding hydrogens is 183 g/mol. The van der Waals surface area contributed by atoms with E-state index in [2.05, 4.69) is 0 Å². The fraction of sp³-hybridized carbons (Fsp3) is 1.00. The van der Waals surface area contributed by atoms with Crippen molar-refractivity contribution < 1.29 is 38.3 Å². The van der Waals surface area contributed by atoms with E-state index < -0.39 is 11.1 Å². The predicted octanol–water partition coefficient (Wildman–Crippen LogP) is -1.02. The summed E-state index contributed by atoms with van der Waals surface area (Å²) >= 11 is -1.82. The van der Waals surface area contributed by atoms with Crippen LogP contribution in [-0.2, 0) is 11.1 Å². The molecule has 0 amide bonds. The van der Waals surface area contributed by atoms with Gasteiger partial charge in [0, 0.05) is 5.25 Å². The zero-order chi connectivity index (χ0) is 8.10. The molecule has 0 radical (unpaired) electrons. The second kappa shape index (κ2) is 7.51. The van der Waals surface area contributed by atoms with Crippen molar-refractivity contribution in [3.8, 4) is 0 Å². The van der Waals surface area contributed by atoms with Crippen molar-refractivity contribution in [2.75, 3.05) is 0 Å². The van der Waals surface area contributed by atoms with Crippen LogP contribution in [0.2, 0.25) is 0 Å². The van der Waals surface area contributed by atoms with Crippen LogP contribution in [0.4, 0.5) is 0 Å². The van der Waals surface area contributed by atoms with Crippen molar-refractivity contribution in [3.63, 3.8) is 0 Å². The van der Waals surface area contributed by atoms with Crippen molar-refractivity contribution in [1.29, 1.82) is 0 Å². The molecule has 1 atom stereocenters. The second-order valence-corrected chi connectivity index (χ2v) is 4.42. The number of rotatable bonds is 1. The molecule has 66 valence electrons. The van der Waals surface area contributed by atoms with Crippen molar-refractivity contribution in [3.05, 3.63) is 0 Å². The van der Waals surface area contributed by atoms with Crippen LogP contribution in [0.1, 0.15) is 44.9 Å². The topological polar surface area (TPSA) is 40.1 Å². The van der Waals surface area contributed by atoms with Gasteiger partial charge in [-0.3, -0.25) is 4.21 Å². The summed E-state index contributed by atoms with van der Waals surface area (Å²) in [5, 5.41) is -0.0460. The SMILES string of the molecule is O=S([O-])C1CCCCCCC1.[Na+]. The van der Waals surface area contributed by atoms with E-state index in [-0.39, 0.29) is 34.8 Å². The average molecular weight is 198 g/mol. The third-order valence-electron chi connectivity index (χ3n) is 2.32. The fourth-order valence-corrected chi connectivity index (χ4v) is 2.33. The minimum Gasteiger partial charge on any atom is -0.772 e. The van der Waals surface area contributed by atoms with Crippen LogP contribution in [0.25, 0.3) is 0 Å². The molecule has 0 spiro atoms. The Morgan fingerprint density at radius 3 is 1.83 bits per heavy atom. The molecule has 1 unspecified atom stereocenters. The molecule has 4 heteroatoms. The Kier molecular flexibility index (Phi) is 8.20. The molecule has 1 saturated carbocycles. The summed E-state index contributed by atoms with van der Waals surface area (Å²) in [7, 11) is 0. The normalized spacial score (nSPS) is 23.4. The molecule has 2 nitrogen and oxygen atoms in total. The summed E-state index contributed by atoms with van der Waals surface area (Å²) in [6.45, 7) is 0. The second-order valence-electron chi connectivity index (χ2n) is 3.23. The van der Waals surface area contributed by atoms with E-state index >= 15 is 0 Å². The maximum atomic E-state index is 10.6. The van der Waals surface area contributed by atoms with Gasteiger partial charge in [-0.1, -0.05) is 43.2 Å². The Morgan fingerprint density at radius 2 is 1.42 bits per heavy atom. The number of hydrogen-bond donors (Lipinski definition) is 0. The zero-order valence-corrected chi connectivity index (χ0v) is 10.6. The molecule has 0 aromatic carbocycles. The number of hydrogen-bond acceptors (Lipinski definition) is 2. The van der Waals surface area contributed by atoms with E-state index in [0.717, 1.165) is 25.7 Å². The maximum Gasteiger partial charge on any atom is 1.00 e. The molecule has 12 heavy (non-hydrogen) atoms. The van der Waals surface area contributed by atoms with Gasteiger partial charge in [0.25, 0.3) is 0 Å². The van der Waals surface area contributed by atoms with E-state index in [0.29, 0.717) is 0 Å². The molecule has 1 fully saturated rings. The monoisotopic (exact) mass is 198 g/mol. The van der Waals surface area contributed by atoms with Crippen molar-refractivity contribution in [2.45, 2.75) is 50.2 Å². The van der Waals surface area contributed by atoms with E-state index in [9.17, 15) is 8.76 Å². The first kappa shape index (κ1) is 13.1. The smallest absolute Gasteiger partial charge is 0.772 e. The molecule has 1 aliphatic rings. The van der Waals surface area contributed by atoms with Crippen LogP contribution >= 0.6 is 0 Å². The van der Waals surface area contributed by atoms with Gasteiger partial charge in [-0.2, -0.15) is 0 Å². The Balaban J connectivity index is 0.00000121. The third-order valence-corrected chi connectivity index (χ3v) is 3.34. The molecule has 0 N–H and O–H groups in total. The summed E-state index contributed by atoms with van der Waals surface area (Å²) in [5.41, 5.74) is 0. The first-order chi connectivity index (χ1) is 5.30.